The van der Waals surface area contributed by atoms with Crippen LogP contribution in [0.25, 0.3) is 0 Å². The van der Waals surface area contributed by atoms with E-state index < -0.39 is 0 Å². The van der Waals surface area contributed by atoms with Crippen molar-refractivity contribution in [3.8, 4) is 11.8 Å². The number of H-pyrrole nitrogens is 1. The highest BCUT2D eigenvalue weighted by Crippen LogP contribution is 1.85. The fourth-order valence-corrected chi connectivity index (χ4v) is 0.508. The van der Waals surface area contributed by atoms with E-state index in [-0.39, 0.29) is 0 Å². The number of nitrogens with zero attached hydrogens (tertiary/aromatic N) is 1. The molecule has 0 aliphatic heterocycles. The van der Waals surface area contributed by atoms with Crippen molar-refractivity contribution in [2.24, 2.45) is 0 Å². The van der Waals surface area contributed by atoms with E-state index in [1.807, 2.05) is 6.92 Å². The van der Waals surface area contributed by atoms with E-state index in [4.69, 9.17) is 0 Å². The Labute approximate surface area is 54.3 Å². The Morgan fingerprint density at radius 2 is 2.67 bits per heavy atom. The van der Waals surface area contributed by atoms with Gasteiger partial charge < -0.3 is 4.98 Å². The van der Waals surface area contributed by atoms with Crippen LogP contribution in [-0.4, -0.2) is 9.97 Å². The molecule has 1 N–H and O–H groups in total. The third-order valence-electron chi connectivity index (χ3n) is 0.898. The van der Waals surface area contributed by atoms with Crippen LogP contribution in [0.5, 0.6) is 0 Å². The van der Waals surface area contributed by atoms with E-state index in [9.17, 15) is 0 Å². The minimum Gasteiger partial charge on any atom is -0.338 e. The van der Waals surface area contributed by atoms with Crippen LogP contribution in [-0.2, 0) is 0 Å². The average Bonchev–Trinajstić information content (AvgIpc) is 2.34. The molecule has 1 aromatic heterocycles. The van der Waals surface area contributed by atoms with Gasteiger partial charge in [0.2, 0.25) is 0 Å². The third kappa shape index (κ3) is 1.61. The molecule has 9 heavy (non-hydrogen) atoms. The summed E-state index contributed by atoms with van der Waals surface area (Å²) in [5.74, 6) is 5.84. The zero-order valence-corrected chi connectivity index (χ0v) is 5.31. The maximum absolute atomic E-state index is 3.82. The SMILES string of the molecule is CCC#Cc1cnc[nH]1. The van der Waals surface area contributed by atoms with Crippen LogP contribution < -0.4 is 0 Å². The van der Waals surface area contributed by atoms with E-state index >= 15 is 0 Å². The summed E-state index contributed by atoms with van der Waals surface area (Å²) in [6, 6.07) is 0. The topological polar surface area (TPSA) is 28.7 Å². The molecular weight excluding hydrogens is 112 g/mol. The van der Waals surface area contributed by atoms with Crippen molar-refractivity contribution in [2.75, 3.05) is 0 Å². The summed E-state index contributed by atoms with van der Waals surface area (Å²) in [7, 11) is 0. The van der Waals surface area contributed by atoms with Gasteiger partial charge in [-0.3, -0.25) is 0 Å². The first-order chi connectivity index (χ1) is 4.43. The maximum Gasteiger partial charge on any atom is 0.109 e. The smallest absolute Gasteiger partial charge is 0.109 e. The molecule has 0 aliphatic rings. The first-order valence-electron chi connectivity index (χ1n) is 2.90. The van der Waals surface area contributed by atoms with Gasteiger partial charge in [-0.25, -0.2) is 4.98 Å². The summed E-state index contributed by atoms with van der Waals surface area (Å²) in [4.78, 5) is 6.70. The van der Waals surface area contributed by atoms with Crippen molar-refractivity contribution in [1.82, 2.24) is 9.97 Å². The van der Waals surface area contributed by atoms with Crippen LogP contribution >= 0.6 is 0 Å². The Balaban J connectivity index is 2.67. The second-order valence-electron chi connectivity index (χ2n) is 1.62. The van der Waals surface area contributed by atoms with Crippen molar-refractivity contribution in [1.29, 1.82) is 0 Å². The van der Waals surface area contributed by atoms with Gasteiger partial charge in [0.05, 0.1) is 12.5 Å². The maximum atomic E-state index is 3.82. The van der Waals surface area contributed by atoms with Gasteiger partial charge in [-0.15, -0.1) is 0 Å². The van der Waals surface area contributed by atoms with Crippen LogP contribution in [0.2, 0.25) is 0 Å². The monoisotopic (exact) mass is 120 g/mol. The van der Waals surface area contributed by atoms with Crippen molar-refractivity contribution in [3.05, 3.63) is 18.2 Å². The van der Waals surface area contributed by atoms with E-state index in [0.29, 0.717) is 0 Å². The minimum absolute atomic E-state index is 0.886. The summed E-state index contributed by atoms with van der Waals surface area (Å²) in [6.07, 6.45) is 4.22. The van der Waals surface area contributed by atoms with Gasteiger partial charge >= 0.3 is 0 Å². The molecule has 0 unspecified atom stereocenters. The van der Waals surface area contributed by atoms with Crippen LogP contribution in [0, 0.1) is 11.8 Å². The van der Waals surface area contributed by atoms with Crippen LogP contribution in [0.15, 0.2) is 12.5 Å². The highest BCUT2D eigenvalue weighted by Gasteiger charge is 1.80. The zero-order valence-electron chi connectivity index (χ0n) is 5.31. The number of nitrogens with one attached hydrogen (secondary N) is 1. The standard InChI is InChI=1S/C7H8N2/c1-2-3-4-7-5-8-6-9-7/h5-6H,2H2,1H3,(H,8,9). The molecule has 2 heteroatoms. The normalized spacial score (nSPS) is 8.11. The summed E-state index contributed by atoms with van der Waals surface area (Å²) in [5.41, 5.74) is 0.886. The lowest BCUT2D eigenvalue weighted by molar-refractivity contribution is 1.27. The Morgan fingerprint density at radius 1 is 1.78 bits per heavy atom. The molecule has 0 aromatic carbocycles. The minimum atomic E-state index is 0.886. The highest BCUT2D eigenvalue weighted by molar-refractivity contribution is 5.23. The first kappa shape index (κ1) is 5.90. The Kier molecular flexibility index (Phi) is 1.92. The van der Waals surface area contributed by atoms with Gasteiger partial charge in [-0.1, -0.05) is 12.8 Å². The molecule has 0 atom stereocenters. The molecule has 0 aliphatic carbocycles. The molecule has 0 radical (unpaired) electrons. The third-order valence-corrected chi connectivity index (χ3v) is 0.898. The predicted molar refractivity (Wildman–Crippen MR) is 35.8 cm³/mol. The molecule has 0 bridgehead atoms. The Morgan fingerprint density at radius 3 is 3.22 bits per heavy atom. The molecule has 2 nitrogen and oxygen atoms in total. The summed E-state index contributed by atoms with van der Waals surface area (Å²) in [6.45, 7) is 2.02. The lowest BCUT2D eigenvalue weighted by atomic mass is 10.4. The molecule has 1 aromatic rings. The Bertz CT molecular complexity index is 213. The van der Waals surface area contributed by atoms with Gasteiger partial charge in [0.25, 0.3) is 0 Å². The number of aromatic amines is 1. The number of hydrogen-bond donors (Lipinski definition) is 1. The zero-order chi connectivity index (χ0) is 6.53. The highest BCUT2D eigenvalue weighted by atomic mass is 14.8. The van der Waals surface area contributed by atoms with Gasteiger partial charge in [-0.05, 0) is 5.92 Å². The number of rotatable bonds is 0. The van der Waals surface area contributed by atoms with E-state index in [1.54, 1.807) is 12.5 Å². The van der Waals surface area contributed by atoms with Gasteiger partial charge in [0, 0.05) is 6.42 Å². The lowest BCUT2D eigenvalue weighted by Gasteiger charge is -1.73. The second kappa shape index (κ2) is 2.93. The van der Waals surface area contributed by atoms with Gasteiger partial charge in [0.1, 0.15) is 5.69 Å². The molecule has 0 spiro atoms. The average molecular weight is 120 g/mol. The van der Waals surface area contributed by atoms with Crippen LogP contribution in [0.3, 0.4) is 0 Å². The fourth-order valence-electron chi connectivity index (χ4n) is 0.508. The summed E-state index contributed by atoms with van der Waals surface area (Å²) < 4.78 is 0. The molecule has 0 amide bonds. The summed E-state index contributed by atoms with van der Waals surface area (Å²) in [5, 5.41) is 0. The van der Waals surface area contributed by atoms with E-state index in [2.05, 4.69) is 21.8 Å². The molecule has 1 rings (SSSR count). The lowest BCUT2D eigenvalue weighted by Crippen LogP contribution is -1.68. The molecule has 0 fully saturated rings. The first-order valence-corrected chi connectivity index (χ1v) is 2.90. The van der Waals surface area contributed by atoms with Gasteiger partial charge in [0.15, 0.2) is 0 Å². The van der Waals surface area contributed by atoms with E-state index in [1.165, 1.54) is 0 Å². The quantitative estimate of drug-likeness (QED) is 0.511. The number of hydrogen-bond acceptors (Lipinski definition) is 1. The van der Waals surface area contributed by atoms with Gasteiger partial charge in [-0.2, -0.15) is 0 Å². The van der Waals surface area contributed by atoms with Crippen LogP contribution in [0.4, 0.5) is 0 Å². The van der Waals surface area contributed by atoms with Crippen molar-refractivity contribution in [3.63, 3.8) is 0 Å². The van der Waals surface area contributed by atoms with Crippen molar-refractivity contribution in [2.45, 2.75) is 13.3 Å². The van der Waals surface area contributed by atoms with Crippen molar-refractivity contribution < 1.29 is 0 Å². The number of imidazole rings is 1. The largest absolute Gasteiger partial charge is 0.338 e. The molecule has 1 heterocycles. The predicted octanol–water partition coefficient (Wildman–Crippen LogP) is 1.17. The van der Waals surface area contributed by atoms with E-state index in [0.717, 1.165) is 12.1 Å². The molecule has 46 valence electrons. The molecule has 0 saturated carbocycles. The fraction of sp³-hybridized carbons (Fsp3) is 0.286. The number of aromatic nitrogens is 2. The Hall–Kier alpha value is -1.23. The summed E-state index contributed by atoms with van der Waals surface area (Å²) >= 11 is 0. The van der Waals surface area contributed by atoms with Crippen molar-refractivity contribution >= 4 is 0 Å². The molecule has 0 saturated heterocycles. The van der Waals surface area contributed by atoms with Crippen LogP contribution in [0.1, 0.15) is 19.0 Å². The molecular formula is C7H8N2. The second-order valence-corrected chi connectivity index (χ2v) is 1.62.